The Kier molecular flexibility index (Phi) is 6.32. The van der Waals surface area contributed by atoms with Crippen molar-refractivity contribution in [2.75, 3.05) is 26.2 Å². The topological polar surface area (TPSA) is 49.3 Å². The maximum absolute atomic E-state index is 12.9. The maximum atomic E-state index is 12.9. The molecule has 0 aliphatic carbocycles. The van der Waals surface area contributed by atoms with Crippen molar-refractivity contribution in [3.8, 4) is 10.6 Å². The largest absolute Gasteiger partial charge is 0.341 e. The van der Waals surface area contributed by atoms with Gasteiger partial charge in [0.25, 0.3) is 0 Å². The van der Waals surface area contributed by atoms with E-state index >= 15 is 0 Å². The highest BCUT2D eigenvalue weighted by molar-refractivity contribution is 7.15. The number of benzene rings is 1. The Morgan fingerprint density at radius 3 is 2.66 bits per heavy atom. The number of carbonyl (C=O) groups is 1. The van der Waals surface area contributed by atoms with Crippen LogP contribution in [0.15, 0.2) is 54.7 Å². The van der Waals surface area contributed by atoms with Gasteiger partial charge in [-0.1, -0.05) is 36.4 Å². The summed E-state index contributed by atoms with van der Waals surface area (Å²) in [6.45, 7) is 6.35. The van der Waals surface area contributed by atoms with Crippen molar-refractivity contribution in [3.05, 3.63) is 71.0 Å². The lowest BCUT2D eigenvalue weighted by molar-refractivity contribution is -0.130. The predicted octanol–water partition coefficient (Wildman–Crippen LogP) is 3.79. The van der Waals surface area contributed by atoms with Gasteiger partial charge >= 0.3 is 0 Å². The average molecular weight is 407 g/mol. The predicted molar refractivity (Wildman–Crippen MR) is 117 cm³/mol. The van der Waals surface area contributed by atoms with Crippen LogP contribution in [-0.2, 0) is 17.8 Å². The molecule has 150 valence electrons. The highest BCUT2D eigenvalue weighted by atomic mass is 32.1. The van der Waals surface area contributed by atoms with Gasteiger partial charge in [-0.05, 0) is 25.5 Å². The molecule has 0 unspecified atom stereocenters. The zero-order valence-corrected chi connectivity index (χ0v) is 17.6. The van der Waals surface area contributed by atoms with E-state index in [0.29, 0.717) is 6.42 Å². The Balaban J connectivity index is 1.36. The molecule has 5 nitrogen and oxygen atoms in total. The van der Waals surface area contributed by atoms with Gasteiger partial charge in [0.05, 0.1) is 17.8 Å². The zero-order valence-electron chi connectivity index (χ0n) is 16.8. The molecule has 0 bridgehead atoms. The third kappa shape index (κ3) is 5.08. The van der Waals surface area contributed by atoms with E-state index in [1.54, 1.807) is 11.3 Å². The number of nitrogens with zero attached hydrogens (tertiary/aromatic N) is 4. The van der Waals surface area contributed by atoms with E-state index in [2.05, 4.69) is 35.0 Å². The normalized spacial score (nSPS) is 15.3. The Bertz CT molecular complexity index is 942. The van der Waals surface area contributed by atoms with Gasteiger partial charge in [0, 0.05) is 49.4 Å². The highest BCUT2D eigenvalue weighted by Crippen LogP contribution is 2.28. The number of hydrogen-bond acceptors (Lipinski definition) is 5. The summed E-state index contributed by atoms with van der Waals surface area (Å²) >= 11 is 1.66. The number of amides is 1. The van der Waals surface area contributed by atoms with Crippen LogP contribution in [0.4, 0.5) is 0 Å². The highest BCUT2D eigenvalue weighted by Gasteiger charge is 2.21. The van der Waals surface area contributed by atoms with E-state index in [1.807, 2.05) is 41.4 Å². The number of thiazole rings is 1. The molecular weight excluding hydrogens is 380 g/mol. The Labute approximate surface area is 176 Å². The molecule has 2 aromatic heterocycles. The number of rotatable bonds is 5. The van der Waals surface area contributed by atoms with Gasteiger partial charge in [-0.3, -0.25) is 14.7 Å². The van der Waals surface area contributed by atoms with Crippen molar-refractivity contribution in [1.29, 1.82) is 0 Å². The van der Waals surface area contributed by atoms with Crippen molar-refractivity contribution in [1.82, 2.24) is 19.8 Å². The molecule has 4 rings (SSSR count). The molecule has 0 spiro atoms. The SMILES string of the molecule is Cc1sc(-c2ccccc2)nc1CC(=O)N1CCCN(Cc2ccccn2)CC1. The number of hydrogen-bond donors (Lipinski definition) is 0. The average Bonchev–Trinajstić information content (AvgIpc) is 2.96. The summed E-state index contributed by atoms with van der Waals surface area (Å²) in [7, 11) is 0. The minimum atomic E-state index is 0.178. The first-order chi connectivity index (χ1) is 14.2. The Morgan fingerprint density at radius 1 is 1.03 bits per heavy atom. The lowest BCUT2D eigenvalue weighted by Crippen LogP contribution is -2.36. The summed E-state index contributed by atoms with van der Waals surface area (Å²) in [6.07, 6.45) is 3.21. The number of carbonyl (C=O) groups excluding carboxylic acids is 1. The van der Waals surface area contributed by atoms with Crippen LogP contribution in [-0.4, -0.2) is 51.9 Å². The first-order valence-electron chi connectivity index (χ1n) is 10.1. The minimum absolute atomic E-state index is 0.178. The second-order valence-electron chi connectivity index (χ2n) is 7.40. The third-order valence-corrected chi connectivity index (χ3v) is 6.35. The van der Waals surface area contributed by atoms with E-state index < -0.39 is 0 Å². The van der Waals surface area contributed by atoms with Crippen LogP contribution in [0.2, 0.25) is 0 Å². The van der Waals surface area contributed by atoms with Gasteiger partial charge < -0.3 is 4.90 Å². The van der Waals surface area contributed by atoms with Crippen LogP contribution in [0.25, 0.3) is 10.6 Å². The van der Waals surface area contributed by atoms with Crippen LogP contribution in [0.5, 0.6) is 0 Å². The van der Waals surface area contributed by atoms with Crippen LogP contribution in [0.3, 0.4) is 0 Å². The molecule has 3 aromatic rings. The standard InChI is InChI=1S/C23H26N4OS/c1-18-21(25-23(29-18)19-8-3-2-4-9-19)16-22(28)27-13-7-12-26(14-15-27)17-20-10-5-6-11-24-20/h2-6,8-11H,7,12-17H2,1H3. The molecule has 0 saturated carbocycles. The van der Waals surface area contributed by atoms with E-state index in [1.165, 1.54) is 0 Å². The number of aryl methyl sites for hydroxylation is 1. The fourth-order valence-corrected chi connectivity index (χ4v) is 4.59. The van der Waals surface area contributed by atoms with E-state index in [4.69, 9.17) is 4.98 Å². The van der Waals surface area contributed by atoms with Crippen molar-refractivity contribution in [2.24, 2.45) is 0 Å². The van der Waals surface area contributed by atoms with Crippen molar-refractivity contribution < 1.29 is 4.79 Å². The van der Waals surface area contributed by atoms with Gasteiger partial charge in [-0.15, -0.1) is 11.3 Å². The molecule has 1 aliphatic rings. The Hall–Kier alpha value is -2.57. The van der Waals surface area contributed by atoms with Crippen LogP contribution in [0.1, 0.15) is 22.7 Å². The second kappa shape index (κ2) is 9.29. The van der Waals surface area contributed by atoms with Gasteiger partial charge in [0.2, 0.25) is 5.91 Å². The molecular formula is C23H26N4OS. The van der Waals surface area contributed by atoms with E-state index in [9.17, 15) is 4.79 Å². The summed E-state index contributed by atoms with van der Waals surface area (Å²) in [5.41, 5.74) is 3.10. The van der Waals surface area contributed by atoms with Crippen LogP contribution < -0.4 is 0 Å². The smallest absolute Gasteiger partial charge is 0.228 e. The van der Waals surface area contributed by atoms with Crippen LogP contribution in [0, 0.1) is 6.92 Å². The second-order valence-corrected chi connectivity index (χ2v) is 8.60. The van der Waals surface area contributed by atoms with Crippen molar-refractivity contribution in [3.63, 3.8) is 0 Å². The minimum Gasteiger partial charge on any atom is -0.341 e. The molecule has 0 N–H and O–H groups in total. The summed E-state index contributed by atoms with van der Waals surface area (Å²) in [4.78, 5) is 27.6. The first-order valence-corrected chi connectivity index (χ1v) is 10.9. The molecule has 1 saturated heterocycles. The lowest BCUT2D eigenvalue weighted by atomic mass is 10.2. The molecule has 3 heterocycles. The van der Waals surface area contributed by atoms with Crippen molar-refractivity contribution >= 4 is 17.2 Å². The zero-order chi connectivity index (χ0) is 20.1. The summed E-state index contributed by atoms with van der Waals surface area (Å²) < 4.78 is 0. The van der Waals surface area contributed by atoms with Gasteiger partial charge in [-0.25, -0.2) is 4.98 Å². The molecule has 1 amide bonds. The number of pyridine rings is 1. The molecule has 6 heteroatoms. The number of aromatic nitrogens is 2. The molecule has 0 atom stereocenters. The molecule has 1 aliphatic heterocycles. The fourth-order valence-electron chi connectivity index (χ4n) is 3.65. The summed E-state index contributed by atoms with van der Waals surface area (Å²) in [5, 5.41) is 0.989. The molecule has 1 fully saturated rings. The van der Waals surface area contributed by atoms with Crippen molar-refractivity contribution in [2.45, 2.75) is 26.3 Å². The quantitative estimate of drug-likeness (QED) is 0.647. The summed E-state index contributed by atoms with van der Waals surface area (Å²) in [6, 6.07) is 16.2. The van der Waals surface area contributed by atoms with Crippen LogP contribution >= 0.6 is 11.3 Å². The lowest BCUT2D eigenvalue weighted by Gasteiger charge is -2.21. The molecule has 29 heavy (non-hydrogen) atoms. The Morgan fingerprint density at radius 2 is 1.86 bits per heavy atom. The monoisotopic (exact) mass is 406 g/mol. The first kappa shape index (κ1) is 19.7. The summed E-state index contributed by atoms with van der Waals surface area (Å²) in [5.74, 6) is 0.178. The maximum Gasteiger partial charge on any atom is 0.228 e. The molecule has 1 aromatic carbocycles. The fraction of sp³-hybridized carbons (Fsp3) is 0.348. The van der Waals surface area contributed by atoms with E-state index in [0.717, 1.165) is 66.0 Å². The van der Waals surface area contributed by atoms with Gasteiger partial charge in [0.15, 0.2) is 0 Å². The van der Waals surface area contributed by atoms with Gasteiger partial charge in [0.1, 0.15) is 5.01 Å². The third-order valence-electron chi connectivity index (χ3n) is 5.29. The van der Waals surface area contributed by atoms with Gasteiger partial charge in [-0.2, -0.15) is 0 Å². The van der Waals surface area contributed by atoms with E-state index in [-0.39, 0.29) is 5.91 Å². The molecule has 0 radical (unpaired) electrons.